The summed E-state index contributed by atoms with van der Waals surface area (Å²) in [6.45, 7) is -3.03. The summed E-state index contributed by atoms with van der Waals surface area (Å²) in [5.41, 5.74) is 5.74. The highest BCUT2D eigenvalue weighted by Crippen LogP contribution is 2.39. The van der Waals surface area contributed by atoms with Gasteiger partial charge in [-0.25, -0.2) is 9.38 Å². The average molecular weight is 401 g/mol. The van der Waals surface area contributed by atoms with Crippen molar-refractivity contribution in [3.05, 3.63) is 63.9 Å². The Morgan fingerprint density at radius 3 is 2.54 bits per heavy atom. The van der Waals surface area contributed by atoms with E-state index >= 15 is 0 Å². The second-order valence-corrected chi connectivity index (χ2v) is 6.05. The lowest BCUT2D eigenvalue weighted by atomic mass is 9.84. The molecular weight excluding hydrogens is 389 g/mol. The van der Waals surface area contributed by atoms with Crippen LogP contribution >= 0.6 is 15.9 Å². The minimum Gasteiger partial charge on any atom is -0.462 e. The van der Waals surface area contributed by atoms with Crippen molar-refractivity contribution in [1.29, 1.82) is 0 Å². The predicted molar refractivity (Wildman–Crippen MR) is 85.5 cm³/mol. The van der Waals surface area contributed by atoms with Crippen molar-refractivity contribution < 1.29 is 22.6 Å². The van der Waals surface area contributed by atoms with Crippen molar-refractivity contribution in [2.45, 2.75) is 12.2 Å². The number of halogens is 4. The zero-order chi connectivity index (χ0) is 17.3. The van der Waals surface area contributed by atoms with Crippen LogP contribution in [0.15, 0.2) is 51.9 Å². The quantitative estimate of drug-likeness (QED) is 0.849. The van der Waals surface area contributed by atoms with E-state index in [4.69, 9.17) is 10.5 Å². The van der Waals surface area contributed by atoms with Crippen molar-refractivity contribution in [3.63, 3.8) is 0 Å². The molecule has 0 radical (unpaired) electrons. The molecule has 4 nitrogen and oxygen atoms in total. The molecule has 0 aliphatic carbocycles. The molecule has 126 valence electrons. The molecule has 2 N–H and O–H groups in total. The van der Waals surface area contributed by atoms with Crippen LogP contribution in [0.25, 0.3) is 0 Å². The molecule has 1 aliphatic rings. The molecule has 0 saturated heterocycles. The topological polar surface area (TPSA) is 56.8 Å². The highest BCUT2D eigenvalue weighted by molar-refractivity contribution is 9.10. The third kappa shape index (κ3) is 3.06. The highest BCUT2D eigenvalue weighted by Gasteiger charge is 2.40. The number of ether oxygens (including phenoxy) is 2. The number of nitrogens with zero attached hydrogens (tertiary/aromatic N) is 1. The van der Waals surface area contributed by atoms with Gasteiger partial charge in [-0.1, -0.05) is 34.1 Å². The first-order valence-electron chi connectivity index (χ1n) is 6.90. The summed E-state index contributed by atoms with van der Waals surface area (Å²) in [4.78, 5) is 4.33. The maximum Gasteiger partial charge on any atom is 0.387 e. The summed E-state index contributed by atoms with van der Waals surface area (Å²) < 4.78 is 48.9. The Morgan fingerprint density at radius 2 is 1.96 bits per heavy atom. The Hall–Kier alpha value is -2.22. The Balaban J connectivity index is 2.10. The van der Waals surface area contributed by atoms with Gasteiger partial charge < -0.3 is 15.2 Å². The molecule has 0 amide bonds. The first-order valence-corrected chi connectivity index (χ1v) is 7.69. The second-order valence-electron chi connectivity index (χ2n) is 5.13. The lowest BCUT2D eigenvalue weighted by molar-refractivity contribution is -0.0522. The first-order chi connectivity index (χ1) is 11.4. The van der Waals surface area contributed by atoms with Crippen molar-refractivity contribution in [1.82, 2.24) is 0 Å². The van der Waals surface area contributed by atoms with Gasteiger partial charge in [0.1, 0.15) is 6.61 Å². The molecule has 2 aromatic rings. The fraction of sp³-hybridized carbons (Fsp3) is 0.188. The van der Waals surface area contributed by atoms with E-state index in [-0.39, 0.29) is 12.6 Å². The average Bonchev–Trinajstić information content (AvgIpc) is 2.92. The maximum atomic E-state index is 14.1. The van der Waals surface area contributed by atoms with Gasteiger partial charge in [0.2, 0.25) is 0 Å². The van der Waals surface area contributed by atoms with E-state index in [1.165, 1.54) is 6.07 Å². The number of hydrogen-bond acceptors (Lipinski definition) is 4. The fourth-order valence-electron chi connectivity index (χ4n) is 2.59. The van der Waals surface area contributed by atoms with Crippen LogP contribution in [0.4, 0.5) is 13.2 Å². The van der Waals surface area contributed by atoms with Crippen molar-refractivity contribution in [2.24, 2.45) is 10.7 Å². The molecule has 0 bridgehead atoms. The molecule has 0 fully saturated rings. The lowest BCUT2D eigenvalue weighted by Crippen LogP contribution is -2.27. The number of benzene rings is 2. The van der Waals surface area contributed by atoms with Gasteiger partial charge in [-0.05, 0) is 35.4 Å². The van der Waals surface area contributed by atoms with E-state index < -0.39 is 23.7 Å². The Labute approximate surface area is 144 Å². The predicted octanol–water partition coefficient (Wildman–Crippen LogP) is 3.78. The third-order valence-corrected chi connectivity index (χ3v) is 4.15. The number of nitrogens with two attached hydrogens (primary N) is 1. The number of alkyl halides is 2. The standard InChI is InChI=1S/C16H12BrF3N2O2/c17-11-3-1-2-9(6-11)16(8-23-15(21)22-16)10-4-5-13(12(18)7-10)24-14(19)20/h1-7,14H,8H2,(H2,21,22). The Kier molecular flexibility index (Phi) is 4.40. The normalized spacial score (nSPS) is 20.0. The molecule has 0 aromatic heterocycles. The largest absolute Gasteiger partial charge is 0.462 e. The summed E-state index contributed by atoms with van der Waals surface area (Å²) in [6, 6.07) is 10.9. The van der Waals surface area contributed by atoms with Gasteiger partial charge in [0, 0.05) is 4.47 Å². The number of rotatable bonds is 4. The summed E-state index contributed by atoms with van der Waals surface area (Å²) in [6.07, 6.45) is 0. The zero-order valence-electron chi connectivity index (χ0n) is 12.2. The highest BCUT2D eigenvalue weighted by atomic mass is 79.9. The van der Waals surface area contributed by atoms with Crippen LogP contribution in [-0.4, -0.2) is 19.2 Å². The van der Waals surface area contributed by atoms with Crippen molar-refractivity contribution >= 4 is 22.0 Å². The van der Waals surface area contributed by atoms with Crippen LogP contribution in [0.1, 0.15) is 11.1 Å². The van der Waals surface area contributed by atoms with E-state index in [1.807, 2.05) is 12.1 Å². The van der Waals surface area contributed by atoms with Crippen LogP contribution < -0.4 is 10.5 Å². The van der Waals surface area contributed by atoms with E-state index in [2.05, 4.69) is 25.7 Å². The lowest BCUT2D eigenvalue weighted by Gasteiger charge is -2.25. The molecular formula is C16H12BrF3N2O2. The van der Waals surface area contributed by atoms with E-state index in [0.29, 0.717) is 5.56 Å². The SMILES string of the molecule is NC1=NC(c2cccc(Br)c2)(c2ccc(OC(F)F)c(F)c2)CO1. The zero-order valence-corrected chi connectivity index (χ0v) is 13.8. The van der Waals surface area contributed by atoms with Crippen LogP contribution in [0.5, 0.6) is 5.75 Å². The third-order valence-electron chi connectivity index (χ3n) is 3.66. The monoisotopic (exact) mass is 400 g/mol. The van der Waals surface area contributed by atoms with Gasteiger partial charge in [-0.3, -0.25) is 0 Å². The van der Waals surface area contributed by atoms with Crippen molar-refractivity contribution in [3.8, 4) is 5.75 Å². The Morgan fingerprint density at radius 1 is 1.21 bits per heavy atom. The van der Waals surface area contributed by atoms with Gasteiger partial charge in [-0.15, -0.1) is 0 Å². The minimum atomic E-state index is -3.10. The maximum absolute atomic E-state index is 14.1. The summed E-state index contributed by atoms with van der Waals surface area (Å²) in [5, 5.41) is 0. The van der Waals surface area contributed by atoms with Gasteiger partial charge >= 0.3 is 6.61 Å². The number of amidine groups is 1. The van der Waals surface area contributed by atoms with Gasteiger partial charge in [0.25, 0.3) is 6.02 Å². The van der Waals surface area contributed by atoms with Crippen LogP contribution in [-0.2, 0) is 10.3 Å². The van der Waals surface area contributed by atoms with Crippen LogP contribution in [0, 0.1) is 5.82 Å². The molecule has 0 spiro atoms. The molecule has 24 heavy (non-hydrogen) atoms. The number of hydrogen-bond donors (Lipinski definition) is 1. The smallest absolute Gasteiger partial charge is 0.387 e. The minimum absolute atomic E-state index is 0.0247. The van der Waals surface area contributed by atoms with Gasteiger partial charge in [0.15, 0.2) is 17.1 Å². The van der Waals surface area contributed by atoms with Crippen molar-refractivity contribution in [2.75, 3.05) is 6.61 Å². The summed E-state index contributed by atoms with van der Waals surface area (Å²) in [7, 11) is 0. The number of aliphatic imine (C=N–C) groups is 1. The van der Waals surface area contributed by atoms with Crippen LogP contribution in [0.3, 0.4) is 0 Å². The summed E-state index contributed by atoms with van der Waals surface area (Å²) >= 11 is 3.38. The van der Waals surface area contributed by atoms with E-state index in [1.54, 1.807) is 12.1 Å². The fourth-order valence-corrected chi connectivity index (χ4v) is 2.99. The first kappa shape index (κ1) is 16.6. The molecule has 1 unspecified atom stereocenters. The summed E-state index contributed by atoms with van der Waals surface area (Å²) in [5.74, 6) is -1.45. The van der Waals surface area contributed by atoms with Gasteiger partial charge in [-0.2, -0.15) is 8.78 Å². The Bertz CT molecular complexity index is 801. The molecule has 1 aliphatic heterocycles. The molecule has 3 rings (SSSR count). The molecule has 2 aromatic carbocycles. The van der Waals surface area contributed by atoms with E-state index in [9.17, 15) is 13.2 Å². The van der Waals surface area contributed by atoms with E-state index in [0.717, 1.165) is 22.2 Å². The van der Waals surface area contributed by atoms with Crippen LogP contribution in [0.2, 0.25) is 0 Å². The molecule has 1 heterocycles. The molecule has 8 heteroatoms. The second kappa shape index (κ2) is 6.35. The molecule has 1 atom stereocenters. The molecule has 0 saturated carbocycles. The van der Waals surface area contributed by atoms with Gasteiger partial charge in [0.05, 0.1) is 0 Å².